The Kier molecular flexibility index (Phi) is 6.48. The number of nitrogens with zero attached hydrogens (tertiary/aromatic N) is 5. The van der Waals surface area contributed by atoms with E-state index in [-0.39, 0.29) is 47.9 Å². The third kappa shape index (κ3) is 5.28. The molecule has 0 bridgehead atoms. The van der Waals surface area contributed by atoms with E-state index in [2.05, 4.69) is 25.5 Å². The van der Waals surface area contributed by atoms with E-state index in [0.29, 0.717) is 23.4 Å². The van der Waals surface area contributed by atoms with Crippen molar-refractivity contribution in [3.05, 3.63) is 77.6 Å². The number of amides is 1. The molecule has 220 valence electrons. The molecule has 0 spiro atoms. The number of hydrogen-bond acceptors (Lipinski definition) is 8. The molecular weight excluding hydrogens is 580 g/mol. The molecule has 0 radical (unpaired) electrons. The van der Waals surface area contributed by atoms with Crippen LogP contribution < -0.4 is 5.32 Å². The first kappa shape index (κ1) is 28.0. The third-order valence-electron chi connectivity index (χ3n) is 7.60. The van der Waals surface area contributed by atoms with E-state index in [1.807, 2.05) is 6.92 Å². The summed E-state index contributed by atoms with van der Waals surface area (Å²) in [4.78, 5) is 21.1. The molecule has 6 rings (SSSR count). The van der Waals surface area contributed by atoms with E-state index in [1.54, 1.807) is 35.5 Å². The number of carbonyl (C=O) groups is 1. The first-order valence-electron chi connectivity index (χ1n) is 12.9. The molecule has 0 unspecified atom stereocenters. The molecule has 3 aromatic heterocycles. The fraction of sp³-hybridized carbons (Fsp3) is 0.370. The van der Waals surface area contributed by atoms with Gasteiger partial charge in [-0.05, 0) is 42.5 Å². The molecule has 4 aromatic rings. The number of halogens is 4. The van der Waals surface area contributed by atoms with Gasteiger partial charge < -0.3 is 9.84 Å². The number of rotatable bonds is 8. The topological polar surface area (TPSA) is 133 Å². The molecule has 10 nitrogen and oxygen atoms in total. The summed E-state index contributed by atoms with van der Waals surface area (Å²) >= 11 is 0. The summed E-state index contributed by atoms with van der Waals surface area (Å²) in [5, 5.41) is 10.2. The Bertz CT molecular complexity index is 1770. The summed E-state index contributed by atoms with van der Waals surface area (Å²) in [6.45, 7) is 1.84. The van der Waals surface area contributed by atoms with Crippen molar-refractivity contribution < 1.29 is 35.3 Å². The summed E-state index contributed by atoms with van der Waals surface area (Å²) < 4.78 is 84.4. The van der Waals surface area contributed by atoms with Gasteiger partial charge in [-0.1, -0.05) is 17.3 Å². The van der Waals surface area contributed by atoms with Crippen molar-refractivity contribution in [2.75, 3.05) is 16.8 Å². The van der Waals surface area contributed by atoms with Crippen LogP contribution in [0.15, 0.2) is 53.6 Å². The average Bonchev–Trinajstić information content (AvgIpc) is 3.37. The van der Waals surface area contributed by atoms with E-state index in [1.165, 1.54) is 12.1 Å². The van der Waals surface area contributed by atoms with Crippen molar-refractivity contribution >= 4 is 21.6 Å². The summed E-state index contributed by atoms with van der Waals surface area (Å²) in [6, 6.07) is 5.34. The van der Waals surface area contributed by atoms with E-state index < -0.39 is 38.7 Å². The van der Waals surface area contributed by atoms with Gasteiger partial charge >= 0.3 is 6.18 Å². The highest BCUT2D eigenvalue weighted by Gasteiger charge is 2.67. The Morgan fingerprint density at radius 3 is 2.43 bits per heavy atom. The van der Waals surface area contributed by atoms with Crippen LogP contribution >= 0.6 is 0 Å². The lowest BCUT2D eigenvalue weighted by molar-refractivity contribution is -0.165. The van der Waals surface area contributed by atoms with Crippen LogP contribution in [0.5, 0.6) is 0 Å². The van der Waals surface area contributed by atoms with Crippen LogP contribution in [0.25, 0.3) is 11.1 Å². The minimum absolute atomic E-state index is 0.0424. The van der Waals surface area contributed by atoms with Crippen molar-refractivity contribution in [3.8, 4) is 11.1 Å². The van der Waals surface area contributed by atoms with Gasteiger partial charge in [-0.2, -0.15) is 18.3 Å². The fourth-order valence-electron chi connectivity index (χ4n) is 5.15. The smallest absolute Gasteiger partial charge is 0.358 e. The van der Waals surface area contributed by atoms with Crippen LogP contribution in [0.2, 0.25) is 0 Å². The molecule has 1 aromatic carbocycles. The number of anilines is 1. The van der Waals surface area contributed by atoms with Gasteiger partial charge in [-0.15, -0.1) is 0 Å². The minimum atomic E-state index is -4.48. The first-order chi connectivity index (χ1) is 19.8. The molecule has 0 atom stereocenters. The van der Waals surface area contributed by atoms with Gasteiger partial charge in [0.15, 0.2) is 21.4 Å². The Labute approximate surface area is 237 Å². The molecule has 1 saturated heterocycles. The Morgan fingerprint density at radius 1 is 1.10 bits per heavy atom. The fourth-order valence-corrected chi connectivity index (χ4v) is 7.22. The van der Waals surface area contributed by atoms with Crippen molar-refractivity contribution in [2.24, 2.45) is 0 Å². The number of hydrogen-bond donors (Lipinski definition) is 1. The Balaban J connectivity index is 1.06. The maximum absolute atomic E-state index is 14.9. The second kappa shape index (κ2) is 9.71. The standard InChI is InChI=1S/C27H24F4N6O4S/c1-25(14-42(39,40)15-25)37-13-16(10-34-37)6-22-32-11-19(12-33-22)17-2-3-18(20(28)7-17)8-24(38)35-23-9-21(41-36-23)26(4-5-26)27(29,30)31/h2-3,7,9-13H,4-6,8,14-15H2,1H3,(H,35,36,38). The molecule has 2 aliphatic rings. The van der Waals surface area contributed by atoms with Crippen LogP contribution in [-0.2, 0) is 38.4 Å². The van der Waals surface area contributed by atoms with Crippen LogP contribution in [0.3, 0.4) is 0 Å². The minimum Gasteiger partial charge on any atom is -0.358 e. The zero-order valence-corrected chi connectivity index (χ0v) is 23.0. The normalized spacial score (nSPS) is 18.3. The summed E-state index contributed by atoms with van der Waals surface area (Å²) in [6.07, 6.45) is 1.83. The number of sulfone groups is 1. The number of nitrogens with one attached hydrogen (secondary N) is 1. The number of carbonyl (C=O) groups excluding carboxylic acids is 1. The van der Waals surface area contributed by atoms with Gasteiger partial charge in [0.25, 0.3) is 0 Å². The zero-order valence-electron chi connectivity index (χ0n) is 22.2. The molecule has 1 N–H and O–H groups in total. The summed E-state index contributed by atoms with van der Waals surface area (Å²) in [7, 11) is -3.02. The molecule has 15 heteroatoms. The second-order valence-electron chi connectivity index (χ2n) is 11.1. The monoisotopic (exact) mass is 604 g/mol. The predicted molar refractivity (Wildman–Crippen MR) is 141 cm³/mol. The number of alkyl halides is 3. The summed E-state index contributed by atoms with van der Waals surface area (Å²) in [5.74, 6) is -1.26. The van der Waals surface area contributed by atoms with Gasteiger partial charge in [0.1, 0.15) is 17.1 Å². The maximum Gasteiger partial charge on any atom is 0.401 e. The van der Waals surface area contributed by atoms with Crippen molar-refractivity contribution in [1.82, 2.24) is 24.9 Å². The van der Waals surface area contributed by atoms with Gasteiger partial charge in [0.05, 0.1) is 29.7 Å². The second-order valence-corrected chi connectivity index (χ2v) is 13.1. The molecule has 1 aliphatic heterocycles. The van der Waals surface area contributed by atoms with Gasteiger partial charge in [-0.3, -0.25) is 9.48 Å². The van der Waals surface area contributed by atoms with E-state index in [4.69, 9.17) is 4.52 Å². The highest BCUT2D eigenvalue weighted by atomic mass is 32.2. The first-order valence-corrected chi connectivity index (χ1v) is 14.8. The van der Waals surface area contributed by atoms with Crippen molar-refractivity contribution in [2.45, 2.75) is 49.7 Å². The third-order valence-corrected chi connectivity index (χ3v) is 9.72. The maximum atomic E-state index is 14.9. The predicted octanol–water partition coefficient (Wildman–Crippen LogP) is 3.98. The molecule has 1 saturated carbocycles. The highest BCUT2D eigenvalue weighted by molar-refractivity contribution is 7.92. The number of benzene rings is 1. The Morgan fingerprint density at radius 2 is 1.81 bits per heavy atom. The lowest BCUT2D eigenvalue weighted by atomic mass is 10.0. The van der Waals surface area contributed by atoms with Crippen LogP contribution in [-0.4, -0.2) is 56.9 Å². The van der Waals surface area contributed by atoms with Crippen LogP contribution in [0.4, 0.5) is 23.4 Å². The lowest BCUT2D eigenvalue weighted by Crippen LogP contribution is -2.54. The quantitative estimate of drug-likeness (QED) is 0.299. The van der Waals surface area contributed by atoms with Crippen molar-refractivity contribution in [1.29, 1.82) is 0 Å². The molecule has 4 heterocycles. The molecule has 2 fully saturated rings. The van der Waals surface area contributed by atoms with E-state index >= 15 is 0 Å². The van der Waals surface area contributed by atoms with Gasteiger partial charge in [0, 0.05) is 36.6 Å². The Hall–Kier alpha value is -4.14. The number of aromatic nitrogens is 5. The zero-order chi connectivity index (χ0) is 29.9. The van der Waals surface area contributed by atoms with Crippen molar-refractivity contribution in [3.63, 3.8) is 0 Å². The highest BCUT2D eigenvalue weighted by Crippen LogP contribution is 2.59. The summed E-state index contributed by atoms with van der Waals surface area (Å²) in [5.41, 5.74) is -0.692. The van der Waals surface area contributed by atoms with E-state index in [0.717, 1.165) is 11.6 Å². The largest absolute Gasteiger partial charge is 0.401 e. The van der Waals surface area contributed by atoms with E-state index in [9.17, 15) is 30.8 Å². The molecule has 1 amide bonds. The SMILES string of the molecule is CC1(n2cc(Cc3ncc(-c4ccc(CC(=O)Nc5cc(C6(C(F)(F)F)CC6)on5)c(F)c4)cn3)cn2)CS(=O)(=O)C1. The van der Waals surface area contributed by atoms with Gasteiger partial charge in [0.2, 0.25) is 5.91 Å². The average molecular weight is 605 g/mol. The molecular formula is C27H24F4N6O4S. The molecule has 42 heavy (non-hydrogen) atoms. The van der Waals surface area contributed by atoms with Crippen LogP contribution in [0.1, 0.15) is 42.5 Å². The lowest BCUT2D eigenvalue weighted by Gasteiger charge is -2.37. The molecule has 1 aliphatic carbocycles. The van der Waals surface area contributed by atoms with Crippen LogP contribution in [0, 0.1) is 5.82 Å². The van der Waals surface area contributed by atoms with Gasteiger partial charge in [-0.25, -0.2) is 22.8 Å².